The van der Waals surface area contributed by atoms with Crippen molar-refractivity contribution in [3.05, 3.63) is 17.0 Å². The summed E-state index contributed by atoms with van der Waals surface area (Å²) in [6.07, 6.45) is 2.54. The van der Waals surface area contributed by atoms with E-state index in [9.17, 15) is 9.59 Å². The molecule has 0 radical (unpaired) electrons. The zero-order chi connectivity index (χ0) is 15.9. The molecule has 3 rings (SSSR count). The fourth-order valence-corrected chi connectivity index (χ4v) is 3.43. The Labute approximate surface area is 128 Å². The van der Waals surface area contributed by atoms with Crippen LogP contribution in [-0.4, -0.2) is 57.0 Å². The highest BCUT2D eigenvalue weighted by molar-refractivity contribution is 5.94. The van der Waals surface area contributed by atoms with Gasteiger partial charge in [0.05, 0.1) is 12.2 Å². The van der Waals surface area contributed by atoms with E-state index in [4.69, 9.17) is 9.84 Å². The molecular weight excluding hydrogens is 286 g/mol. The second-order valence-electron chi connectivity index (χ2n) is 6.15. The van der Waals surface area contributed by atoms with E-state index >= 15 is 0 Å². The quantitative estimate of drug-likeness (QED) is 0.889. The molecule has 1 saturated heterocycles. The summed E-state index contributed by atoms with van der Waals surface area (Å²) in [5.74, 6) is -1.05. The van der Waals surface area contributed by atoms with E-state index in [2.05, 4.69) is 5.10 Å². The van der Waals surface area contributed by atoms with E-state index in [0.29, 0.717) is 18.8 Å². The van der Waals surface area contributed by atoms with Crippen LogP contribution in [0.3, 0.4) is 0 Å². The molecule has 7 nitrogen and oxygen atoms in total. The number of amides is 1. The van der Waals surface area contributed by atoms with Gasteiger partial charge in [-0.25, -0.2) is 0 Å². The number of carbonyl (C=O) groups is 2. The summed E-state index contributed by atoms with van der Waals surface area (Å²) in [4.78, 5) is 25.5. The van der Waals surface area contributed by atoms with Crippen molar-refractivity contribution < 1.29 is 19.4 Å². The maximum Gasteiger partial charge on any atom is 0.325 e. The molecule has 0 unspecified atom stereocenters. The van der Waals surface area contributed by atoms with Crippen molar-refractivity contribution in [3.63, 3.8) is 0 Å². The first-order chi connectivity index (χ1) is 10.5. The van der Waals surface area contributed by atoms with Gasteiger partial charge in [-0.05, 0) is 33.1 Å². The smallest absolute Gasteiger partial charge is 0.325 e. The van der Waals surface area contributed by atoms with Gasteiger partial charge in [-0.1, -0.05) is 0 Å². The molecule has 1 aliphatic heterocycles. The van der Waals surface area contributed by atoms with Crippen molar-refractivity contribution in [2.45, 2.75) is 51.9 Å². The zero-order valence-corrected chi connectivity index (χ0v) is 12.9. The molecule has 2 atom stereocenters. The van der Waals surface area contributed by atoms with Gasteiger partial charge < -0.3 is 14.7 Å². The summed E-state index contributed by atoms with van der Waals surface area (Å²) in [6.45, 7) is 4.80. The Bertz CT molecular complexity index is 600. The molecule has 1 aromatic rings. The molecule has 1 amide bonds. The lowest BCUT2D eigenvalue weighted by molar-refractivity contribution is -0.137. The van der Waals surface area contributed by atoms with Gasteiger partial charge >= 0.3 is 5.97 Å². The van der Waals surface area contributed by atoms with Gasteiger partial charge in [-0.15, -0.1) is 0 Å². The van der Waals surface area contributed by atoms with Crippen molar-refractivity contribution in [3.8, 4) is 0 Å². The normalized spacial score (nSPS) is 24.4. The zero-order valence-electron chi connectivity index (χ0n) is 12.9. The first kappa shape index (κ1) is 15.0. The molecule has 1 fully saturated rings. The SMILES string of the molecule is C[C@@H]1CN(C(=O)c2nn(CC(=O)O)c3c2CCC3)C[C@H](C)O1. The lowest BCUT2D eigenvalue weighted by atomic mass is 10.1. The van der Waals surface area contributed by atoms with Crippen molar-refractivity contribution in [1.82, 2.24) is 14.7 Å². The van der Waals surface area contributed by atoms with Gasteiger partial charge in [0.1, 0.15) is 6.54 Å². The Hall–Kier alpha value is -1.89. The molecule has 1 N–H and O–H groups in total. The third-order valence-corrected chi connectivity index (χ3v) is 4.20. The van der Waals surface area contributed by atoms with Crippen LogP contribution in [0.4, 0.5) is 0 Å². The van der Waals surface area contributed by atoms with Crippen LogP contribution in [0, 0.1) is 0 Å². The minimum absolute atomic E-state index is 0.00172. The van der Waals surface area contributed by atoms with Crippen molar-refractivity contribution in [1.29, 1.82) is 0 Å². The van der Waals surface area contributed by atoms with Crippen LogP contribution < -0.4 is 0 Å². The van der Waals surface area contributed by atoms with Crippen LogP contribution in [0.1, 0.15) is 42.0 Å². The van der Waals surface area contributed by atoms with Gasteiger partial charge in [0.2, 0.25) is 0 Å². The average molecular weight is 307 g/mol. The predicted octanol–water partition coefficient (Wildman–Crippen LogP) is 0.706. The number of aliphatic carboxylic acids is 1. The van der Waals surface area contributed by atoms with Crippen LogP contribution in [0.15, 0.2) is 0 Å². The van der Waals surface area contributed by atoms with Gasteiger partial charge in [0, 0.05) is 24.3 Å². The summed E-state index contributed by atoms with van der Waals surface area (Å²) < 4.78 is 7.13. The number of hydrogen-bond acceptors (Lipinski definition) is 4. The molecule has 22 heavy (non-hydrogen) atoms. The lowest BCUT2D eigenvalue weighted by Gasteiger charge is -2.35. The Kier molecular flexibility index (Phi) is 3.90. The van der Waals surface area contributed by atoms with Gasteiger partial charge in [0.25, 0.3) is 5.91 Å². The van der Waals surface area contributed by atoms with E-state index in [1.807, 2.05) is 13.8 Å². The topological polar surface area (TPSA) is 84.7 Å². The molecule has 0 spiro atoms. The molecule has 0 bridgehead atoms. The minimum Gasteiger partial charge on any atom is -0.480 e. The van der Waals surface area contributed by atoms with Gasteiger partial charge in [0.15, 0.2) is 5.69 Å². The van der Waals surface area contributed by atoms with Gasteiger partial charge in [-0.3, -0.25) is 14.3 Å². The van der Waals surface area contributed by atoms with E-state index in [0.717, 1.165) is 30.5 Å². The van der Waals surface area contributed by atoms with E-state index in [-0.39, 0.29) is 24.7 Å². The van der Waals surface area contributed by atoms with E-state index in [1.54, 1.807) is 4.90 Å². The Balaban J connectivity index is 1.88. The number of hydrogen-bond donors (Lipinski definition) is 1. The predicted molar refractivity (Wildman–Crippen MR) is 77.8 cm³/mol. The number of carboxylic acids is 1. The molecule has 120 valence electrons. The summed E-state index contributed by atoms with van der Waals surface area (Å²) in [5.41, 5.74) is 2.26. The number of nitrogens with zero attached hydrogens (tertiary/aromatic N) is 3. The largest absolute Gasteiger partial charge is 0.480 e. The third-order valence-electron chi connectivity index (χ3n) is 4.20. The number of carboxylic acid groups (broad SMARTS) is 1. The molecule has 0 saturated carbocycles. The number of fused-ring (bicyclic) bond motifs is 1. The summed E-state index contributed by atoms with van der Waals surface area (Å²) in [7, 11) is 0. The first-order valence-electron chi connectivity index (χ1n) is 7.70. The minimum atomic E-state index is -0.940. The maximum atomic E-state index is 12.8. The number of carbonyl (C=O) groups excluding carboxylic acids is 1. The Morgan fingerprint density at radius 2 is 1.95 bits per heavy atom. The highest BCUT2D eigenvalue weighted by Gasteiger charge is 2.32. The molecule has 2 aliphatic rings. The van der Waals surface area contributed by atoms with Crippen LogP contribution in [0.5, 0.6) is 0 Å². The number of morpholine rings is 1. The monoisotopic (exact) mass is 307 g/mol. The number of rotatable bonds is 3. The highest BCUT2D eigenvalue weighted by Crippen LogP contribution is 2.27. The number of aromatic nitrogens is 2. The van der Waals surface area contributed by atoms with Crippen molar-refractivity contribution in [2.24, 2.45) is 0 Å². The van der Waals surface area contributed by atoms with E-state index < -0.39 is 5.97 Å². The maximum absolute atomic E-state index is 12.8. The molecule has 2 heterocycles. The molecule has 1 aliphatic carbocycles. The third kappa shape index (κ3) is 2.72. The summed E-state index contributed by atoms with van der Waals surface area (Å²) >= 11 is 0. The second-order valence-corrected chi connectivity index (χ2v) is 6.15. The Morgan fingerprint density at radius 3 is 2.59 bits per heavy atom. The molecule has 0 aromatic carbocycles. The summed E-state index contributed by atoms with van der Waals surface area (Å²) in [5, 5.41) is 13.3. The van der Waals surface area contributed by atoms with Crippen LogP contribution in [0.2, 0.25) is 0 Å². The second kappa shape index (κ2) is 5.72. The Morgan fingerprint density at radius 1 is 1.27 bits per heavy atom. The molecule has 7 heteroatoms. The van der Waals surface area contributed by atoms with Crippen LogP contribution >= 0.6 is 0 Å². The molecule has 1 aromatic heterocycles. The van der Waals surface area contributed by atoms with Crippen LogP contribution in [-0.2, 0) is 28.9 Å². The fourth-order valence-electron chi connectivity index (χ4n) is 3.43. The first-order valence-corrected chi connectivity index (χ1v) is 7.70. The highest BCUT2D eigenvalue weighted by atomic mass is 16.5. The van der Waals surface area contributed by atoms with E-state index in [1.165, 1.54) is 4.68 Å². The fraction of sp³-hybridized carbons (Fsp3) is 0.667. The summed E-state index contributed by atoms with van der Waals surface area (Å²) in [6, 6.07) is 0. The van der Waals surface area contributed by atoms with Crippen LogP contribution in [0.25, 0.3) is 0 Å². The van der Waals surface area contributed by atoms with Gasteiger partial charge in [-0.2, -0.15) is 5.10 Å². The average Bonchev–Trinajstić information content (AvgIpc) is 3.00. The number of ether oxygens (including phenoxy) is 1. The van der Waals surface area contributed by atoms with Crippen molar-refractivity contribution in [2.75, 3.05) is 13.1 Å². The molecular formula is C15H21N3O4. The standard InChI is InChI=1S/C15H21N3O4/c1-9-6-17(7-10(2)22-9)15(21)14-11-4-3-5-12(11)18(16-14)8-13(19)20/h9-10H,3-8H2,1-2H3,(H,19,20)/t9-,10+. The lowest BCUT2D eigenvalue weighted by Crippen LogP contribution is -2.48. The van der Waals surface area contributed by atoms with Crippen molar-refractivity contribution >= 4 is 11.9 Å².